The minimum absolute atomic E-state index is 0.409. The Bertz CT molecular complexity index is 698. The number of aryl methyl sites for hydroxylation is 1. The second kappa shape index (κ2) is 13.4. The van der Waals surface area contributed by atoms with Crippen molar-refractivity contribution in [3.05, 3.63) is 42.2 Å². The summed E-state index contributed by atoms with van der Waals surface area (Å²) >= 11 is 0. The van der Waals surface area contributed by atoms with Crippen molar-refractivity contribution >= 4 is 0 Å². The highest BCUT2D eigenvalue weighted by Crippen LogP contribution is 2.27. The van der Waals surface area contributed by atoms with Gasteiger partial charge in [-0.25, -0.2) is 9.97 Å². The molecule has 0 saturated carbocycles. The maximum atomic E-state index is 14.5. The molecule has 1 heterocycles. The van der Waals surface area contributed by atoms with E-state index in [0.717, 1.165) is 31.2 Å². The third-order valence-corrected chi connectivity index (χ3v) is 5.44. The Hall–Kier alpha value is -1.97. The summed E-state index contributed by atoms with van der Waals surface area (Å²) < 4.78 is 20.1. The van der Waals surface area contributed by atoms with Crippen LogP contribution in [0.2, 0.25) is 0 Å². The van der Waals surface area contributed by atoms with Crippen LogP contribution in [0.1, 0.15) is 97.0 Å². The molecule has 0 saturated heterocycles. The van der Waals surface area contributed by atoms with E-state index in [-0.39, 0.29) is 0 Å². The van der Waals surface area contributed by atoms with E-state index in [2.05, 4.69) is 23.8 Å². The summed E-state index contributed by atoms with van der Waals surface area (Å²) in [6.45, 7) is 5.87. The second-order valence-electron chi connectivity index (χ2n) is 8.47. The van der Waals surface area contributed by atoms with Crippen molar-refractivity contribution in [2.24, 2.45) is 0 Å². The van der Waals surface area contributed by atoms with Crippen molar-refractivity contribution in [2.45, 2.75) is 104 Å². The van der Waals surface area contributed by atoms with Crippen molar-refractivity contribution in [2.75, 3.05) is 0 Å². The average molecular weight is 415 g/mol. The number of alkyl halides is 1. The fourth-order valence-corrected chi connectivity index (χ4v) is 3.58. The van der Waals surface area contributed by atoms with Gasteiger partial charge in [0, 0.05) is 31.3 Å². The van der Waals surface area contributed by atoms with Crippen LogP contribution in [0.4, 0.5) is 4.39 Å². The molecule has 0 bridgehead atoms. The molecule has 1 atom stereocenters. The molecule has 3 nitrogen and oxygen atoms in total. The van der Waals surface area contributed by atoms with Gasteiger partial charge in [-0.15, -0.1) is 0 Å². The van der Waals surface area contributed by atoms with Crippen LogP contribution in [-0.4, -0.2) is 15.8 Å². The van der Waals surface area contributed by atoms with E-state index in [9.17, 15) is 4.39 Å². The van der Waals surface area contributed by atoms with Crippen LogP contribution in [-0.2, 0) is 6.42 Å². The lowest BCUT2D eigenvalue weighted by molar-refractivity contribution is -0.0529. The molecule has 30 heavy (non-hydrogen) atoms. The van der Waals surface area contributed by atoms with Crippen molar-refractivity contribution in [3.63, 3.8) is 0 Å². The van der Waals surface area contributed by atoms with Gasteiger partial charge in [0.2, 0.25) is 5.85 Å². The molecule has 0 N–H and O–H groups in total. The summed E-state index contributed by atoms with van der Waals surface area (Å²) in [4.78, 5) is 9.03. The fraction of sp³-hybridized carbons (Fsp3) is 0.615. The van der Waals surface area contributed by atoms with Gasteiger partial charge >= 0.3 is 0 Å². The molecule has 1 unspecified atom stereocenters. The average Bonchev–Trinajstić information content (AvgIpc) is 2.74. The van der Waals surface area contributed by atoms with Gasteiger partial charge in [-0.3, -0.25) is 0 Å². The van der Waals surface area contributed by atoms with Crippen LogP contribution in [0, 0.1) is 0 Å². The molecule has 1 aromatic heterocycles. The number of hydrogen-bond donors (Lipinski definition) is 0. The molecule has 1 aromatic carbocycles. The zero-order valence-corrected chi connectivity index (χ0v) is 19.1. The first kappa shape index (κ1) is 24.3. The van der Waals surface area contributed by atoms with E-state index >= 15 is 0 Å². The lowest BCUT2D eigenvalue weighted by atomic mass is 10.1. The molecule has 0 aliphatic rings. The zero-order chi connectivity index (χ0) is 21.7. The van der Waals surface area contributed by atoms with Crippen molar-refractivity contribution < 1.29 is 9.13 Å². The van der Waals surface area contributed by atoms with E-state index in [1.54, 1.807) is 12.1 Å². The van der Waals surface area contributed by atoms with Gasteiger partial charge in [0.15, 0.2) is 5.82 Å². The van der Waals surface area contributed by atoms with Gasteiger partial charge in [-0.1, -0.05) is 65.2 Å². The van der Waals surface area contributed by atoms with E-state index in [0.29, 0.717) is 18.0 Å². The molecule has 0 fully saturated rings. The minimum atomic E-state index is -1.63. The summed E-state index contributed by atoms with van der Waals surface area (Å²) in [5, 5.41) is 0. The molecule has 0 radical (unpaired) electrons. The first-order valence-corrected chi connectivity index (χ1v) is 11.8. The quantitative estimate of drug-likeness (QED) is 0.276. The third kappa shape index (κ3) is 9.23. The Kier molecular flexibility index (Phi) is 10.8. The maximum Gasteiger partial charge on any atom is 0.245 e. The van der Waals surface area contributed by atoms with Crippen LogP contribution in [0.3, 0.4) is 0 Å². The van der Waals surface area contributed by atoms with Gasteiger partial charge in [-0.05, 0) is 49.1 Å². The van der Waals surface area contributed by atoms with Gasteiger partial charge < -0.3 is 4.74 Å². The molecule has 0 spiro atoms. The fourth-order valence-electron chi connectivity index (χ4n) is 3.58. The SMILES string of the molecule is CCCCCCCCCc1cnc(-c2ccc(OC(C)(F)CCCCC)cc2)nc1. The topological polar surface area (TPSA) is 35.0 Å². The van der Waals surface area contributed by atoms with E-state index in [1.807, 2.05) is 24.5 Å². The van der Waals surface area contributed by atoms with Crippen LogP contribution in [0.15, 0.2) is 36.7 Å². The number of ether oxygens (including phenoxy) is 1. The predicted octanol–water partition coefficient (Wildman–Crippen LogP) is 8.08. The summed E-state index contributed by atoms with van der Waals surface area (Å²) in [7, 11) is 0. The first-order valence-electron chi connectivity index (χ1n) is 11.8. The molecular weight excluding hydrogens is 375 g/mol. The molecule has 166 valence electrons. The largest absolute Gasteiger partial charge is 0.458 e. The summed E-state index contributed by atoms with van der Waals surface area (Å²) in [6.07, 6.45) is 17.4. The third-order valence-electron chi connectivity index (χ3n) is 5.44. The highest BCUT2D eigenvalue weighted by atomic mass is 19.2. The number of aromatic nitrogens is 2. The Morgan fingerprint density at radius 2 is 1.37 bits per heavy atom. The van der Waals surface area contributed by atoms with Crippen molar-refractivity contribution in [1.29, 1.82) is 0 Å². The molecule has 0 amide bonds. The maximum absolute atomic E-state index is 14.5. The number of unbranched alkanes of at least 4 members (excludes halogenated alkanes) is 8. The summed E-state index contributed by atoms with van der Waals surface area (Å²) in [5.74, 6) is -0.406. The molecule has 2 rings (SSSR count). The van der Waals surface area contributed by atoms with Gasteiger partial charge in [0.1, 0.15) is 5.75 Å². The van der Waals surface area contributed by atoms with E-state index in [4.69, 9.17) is 4.74 Å². The van der Waals surface area contributed by atoms with Crippen molar-refractivity contribution in [1.82, 2.24) is 9.97 Å². The van der Waals surface area contributed by atoms with E-state index < -0.39 is 5.85 Å². The Labute approximate surface area is 182 Å². The normalized spacial score (nSPS) is 13.2. The molecule has 2 aromatic rings. The van der Waals surface area contributed by atoms with Crippen LogP contribution >= 0.6 is 0 Å². The van der Waals surface area contributed by atoms with Gasteiger partial charge in [-0.2, -0.15) is 4.39 Å². The number of benzene rings is 1. The number of nitrogens with zero attached hydrogens (tertiary/aromatic N) is 2. The molecular formula is C26H39FN2O. The van der Waals surface area contributed by atoms with E-state index in [1.165, 1.54) is 57.4 Å². The molecule has 4 heteroatoms. The van der Waals surface area contributed by atoms with Crippen LogP contribution in [0.25, 0.3) is 11.4 Å². The first-order chi connectivity index (χ1) is 14.5. The highest BCUT2D eigenvalue weighted by Gasteiger charge is 2.24. The zero-order valence-electron chi connectivity index (χ0n) is 19.1. The Morgan fingerprint density at radius 1 is 0.800 bits per heavy atom. The lowest BCUT2D eigenvalue weighted by Gasteiger charge is -2.22. The molecule has 0 aliphatic carbocycles. The number of hydrogen-bond acceptors (Lipinski definition) is 3. The predicted molar refractivity (Wildman–Crippen MR) is 123 cm³/mol. The van der Waals surface area contributed by atoms with Crippen LogP contribution < -0.4 is 4.74 Å². The standard InChI is InChI=1S/C26H39FN2O/c1-4-6-8-9-10-11-12-14-22-20-28-25(29-21-22)23-15-17-24(18-16-23)30-26(3,27)19-13-7-5-2/h15-18,20-21H,4-14,19H2,1-3H3. The molecule has 0 aliphatic heterocycles. The highest BCUT2D eigenvalue weighted by molar-refractivity contribution is 5.55. The van der Waals surface area contributed by atoms with Gasteiger partial charge in [0.25, 0.3) is 0 Å². The number of rotatable bonds is 15. The summed E-state index contributed by atoms with van der Waals surface area (Å²) in [5.41, 5.74) is 2.10. The van der Waals surface area contributed by atoms with Gasteiger partial charge in [0.05, 0.1) is 0 Å². The Balaban J connectivity index is 1.79. The van der Waals surface area contributed by atoms with Crippen LogP contribution in [0.5, 0.6) is 5.75 Å². The van der Waals surface area contributed by atoms with Crippen molar-refractivity contribution in [3.8, 4) is 17.1 Å². The smallest absolute Gasteiger partial charge is 0.245 e. The monoisotopic (exact) mass is 414 g/mol. The second-order valence-corrected chi connectivity index (χ2v) is 8.47. The number of halogens is 1. The summed E-state index contributed by atoms with van der Waals surface area (Å²) in [6, 6.07) is 7.37. The minimum Gasteiger partial charge on any atom is -0.458 e. The Morgan fingerprint density at radius 3 is 2.00 bits per heavy atom. The lowest BCUT2D eigenvalue weighted by Crippen LogP contribution is -2.26.